The topological polar surface area (TPSA) is 90.0 Å². The summed E-state index contributed by atoms with van der Waals surface area (Å²) in [6, 6.07) is 25.5. The molecule has 0 unspecified atom stereocenters. The summed E-state index contributed by atoms with van der Waals surface area (Å²) in [6.45, 7) is 0. The number of nitrogens with zero attached hydrogens (tertiary/aromatic N) is 3. The number of rotatable bonds is 4. The van der Waals surface area contributed by atoms with Crippen molar-refractivity contribution in [1.82, 2.24) is 15.0 Å². The molecule has 31 heavy (non-hydrogen) atoms. The molecule has 7 nitrogen and oxygen atoms in total. The highest BCUT2D eigenvalue weighted by Gasteiger charge is 2.14. The fraction of sp³-hybridized carbons (Fsp3) is 0. The van der Waals surface area contributed by atoms with Crippen LogP contribution in [0, 0.1) is 0 Å². The van der Waals surface area contributed by atoms with Gasteiger partial charge in [0, 0.05) is 16.6 Å². The largest absolute Gasteiger partial charge is 0.422 e. The number of amides is 1. The van der Waals surface area contributed by atoms with Gasteiger partial charge in [0.1, 0.15) is 11.1 Å². The smallest absolute Gasteiger partial charge is 0.349 e. The van der Waals surface area contributed by atoms with Crippen LogP contribution in [0.3, 0.4) is 0 Å². The number of hydrogen-bond acceptors (Lipinski definition) is 5. The van der Waals surface area contributed by atoms with Gasteiger partial charge in [0.25, 0.3) is 5.91 Å². The van der Waals surface area contributed by atoms with Gasteiger partial charge in [-0.15, -0.1) is 5.10 Å². The molecule has 2 aromatic heterocycles. The minimum absolute atomic E-state index is 0.0505. The first kappa shape index (κ1) is 18.5. The molecule has 0 aliphatic carbocycles. The molecule has 5 rings (SSSR count). The van der Waals surface area contributed by atoms with Crippen LogP contribution >= 0.6 is 0 Å². The number of anilines is 1. The third-order valence-corrected chi connectivity index (χ3v) is 4.87. The van der Waals surface area contributed by atoms with E-state index in [4.69, 9.17) is 4.42 Å². The Balaban J connectivity index is 1.40. The lowest BCUT2D eigenvalue weighted by Crippen LogP contribution is -2.20. The first-order valence-corrected chi connectivity index (χ1v) is 9.60. The summed E-state index contributed by atoms with van der Waals surface area (Å²) in [5.41, 5.74) is 2.89. The van der Waals surface area contributed by atoms with Crippen LogP contribution in [0.4, 0.5) is 5.69 Å². The van der Waals surface area contributed by atoms with Crippen LogP contribution in [-0.2, 0) is 0 Å². The Kier molecular flexibility index (Phi) is 4.61. The van der Waals surface area contributed by atoms with Gasteiger partial charge in [0.2, 0.25) is 0 Å². The Morgan fingerprint density at radius 3 is 2.45 bits per heavy atom. The average molecular weight is 408 g/mol. The van der Waals surface area contributed by atoms with Gasteiger partial charge in [-0.05, 0) is 36.4 Å². The number of para-hydroxylation sites is 1. The number of carbonyl (C=O) groups excluding carboxylic acids is 1. The van der Waals surface area contributed by atoms with Crippen molar-refractivity contribution >= 4 is 22.6 Å². The molecule has 7 heteroatoms. The van der Waals surface area contributed by atoms with Crippen LogP contribution in [0.25, 0.3) is 27.9 Å². The molecule has 0 saturated heterocycles. The third-order valence-electron chi connectivity index (χ3n) is 4.87. The Bertz CT molecular complexity index is 1440. The maximum Gasteiger partial charge on any atom is 0.349 e. The molecular weight excluding hydrogens is 392 g/mol. The molecule has 5 aromatic rings. The van der Waals surface area contributed by atoms with Crippen LogP contribution < -0.4 is 10.9 Å². The fourth-order valence-corrected chi connectivity index (χ4v) is 3.34. The quantitative estimate of drug-likeness (QED) is 0.448. The lowest BCUT2D eigenvalue weighted by atomic mass is 10.1. The van der Waals surface area contributed by atoms with Gasteiger partial charge < -0.3 is 9.73 Å². The van der Waals surface area contributed by atoms with Crippen LogP contribution in [0.5, 0.6) is 0 Å². The van der Waals surface area contributed by atoms with Crippen LogP contribution in [0.1, 0.15) is 10.4 Å². The maximum absolute atomic E-state index is 12.6. The van der Waals surface area contributed by atoms with Gasteiger partial charge in [0.15, 0.2) is 0 Å². The summed E-state index contributed by atoms with van der Waals surface area (Å²) in [7, 11) is 0. The van der Waals surface area contributed by atoms with Gasteiger partial charge in [-0.1, -0.05) is 53.7 Å². The zero-order valence-electron chi connectivity index (χ0n) is 16.2. The number of benzene rings is 3. The van der Waals surface area contributed by atoms with E-state index in [9.17, 15) is 9.59 Å². The second-order valence-corrected chi connectivity index (χ2v) is 6.88. The van der Waals surface area contributed by atoms with Crippen LogP contribution in [0.2, 0.25) is 0 Å². The molecule has 150 valence electrons. The molecule has 1 N–H and O–H groups in total. The van der Waals surface area contributed by atoms with E-state index in [-0.39, 0.29) is 5.56 Å². The third kappa shape index (κ3) is 3.60. The van der Waals surface area contributed by atoms with E-state index in [0.29, 0.717) is 16.7 Å². The van der Waals surface area contributed by atoms with Gasteiger partial charge in [-0.25, -0.2) is 9.48 Å². The van der Waals surface area contributed by atoms with E-state index in [0.717, 1.165) is 16.9 Å². The van der Waals surface area contributed by atoms with Crippen molar-refractivity contribution in [3.05, 3.63) is 107 Å². The maximum atomic E-state index is 12.6. The number of hydrogen-bond donors (Lipinski definition) is 1. The van der Waals surface area contributed by atoms with Crippen molar-refractivity contribution in [3.63, 3.8) is 0 Å². The first-order valence-electron chi connectivity index (χ1n) is 9.60. The highest BCUT2D eigenvalue weighted by atomic mass is 16.4. The molecule has 0 aliphatic rings. The van der Waals surface area contributed by atoms with Crippen molar-refractivity contribution < 1.29 is 9.21 Å². The second-order valence-electron chi connectivity index (χ2n) is 6.88. The lowest BCUT2D eigenvalue weighted by Gasteiger charge is -2.09. The Morgan fingerprint density at radius 1 is 0.903 bits per heavy atom. The summed E-state index contributed by atoms with van der Waals surface area (Å²) >= 11 is 0. The summed E-state index contributed by atoms with van der Waals surface area (Å²) in [4.78, 5) is 24.8. The molecule has 1 amide bonds. The standard InChI is InChI=1S/C24H16N4O3/c29-23(20-14-17-8-4-5-9-22(17)31-24(20)30)26-18-10-12-19(13-11-18)28-21(15-25-27-28)16-6-2-1-3-7-16/h1-15H,(H,26,29). The van der Waals surface area contributed by atoms with E-state index >= 15 is 0 Å². The van der Waals surface area contributed by atoms with E-state index in [2.05, 4.69) is 15.6 Å². The molecule has 3 aromatic carbocycles. The predicted molar refractivity (Wildman–Crippen MR) is 117 cm³/mol. The number of fused-ring (bicyclic) bond motifs is 1. The van der Waals surface area contributed by atoms with Crippen molar-refractivity contribution in [3.8, 4) is 16.9 Å². The van der Waals surface area contributed by atoms with Crippen molar-refractivity contribution in [2.24, 2.45) is 0 Å². The average Bonchev–Trinajstić information content (AvgIpc) is 3.29. The van der Waals surface area contributed by atoms with Gasteiger partial charge in [-0.2, -0.15) is 0 Å². The Hall–Kier alpha value is -4.52. The zero-order chi connectivity index (χ0) is 21.2. The van der Waals surface area contributed by atoms with Gasteiger partial charge >= 0.3 is 5.63 Å². The molecule has 0 spiro atoms. The van der Waals surface area contributed by atoms with Crippen molar-refractivity contribution in [1.29, 1.82) is 0 Å². The summed E-state index contributed by atoms with van der Waals surface area (Å²) in [5.74, 6) is -0.530. The van der Waals surface area contributed by atoms with Gasteiger partial charge in [0.05, 0.1) is 17.6 Å². The molecule has 0 saturated carbocycles. The Labute approximate surface area is 176 Å². The summed E-state index contributed by atoms with van der Waals surface area (Å²) in [6.07, 6.45) is 1.70. The summed E-state index contributed by atoms with van der Waals surface area (Å²) < 4.78 is 6.96. The fourth-order valence-electron chi connectivity index (χ4n) is 3.34. The molecule has 0 bridgehead atoms. The SMILES string of the molecule is O=C(Nc1ccc(-n2nncc2-c2ccccc2)cc1)c1cc2ccccc2oc1=O. The number of carbonyl (C=O) groups is 1. The minimum atomic E-state index is -0.678. The van der Waals surface area contributed by atoms with Crippen molar-refractivity contribution in [2.45, 2.75) is 0 Å². The molecule has 0 fully saturated rings. The lowest BCUT2D eigenvalue weighted by molar-refractivity contribution is 0.102. The highest BCUT2D eigenvalue weighted by Crippen LogP contribution is 2.22. The van der Waals surface area contributed by atoms with Crippen molar-refractivity contribution in [2.75, 3.05) is 5.32 Å². The van der Waals surface area contributed by atoms with Crippen LogP contribution in [0.15, 0.2) is 100 Å². The second kappa shape index (κ2) is 7.72. The predicted octanol–water partition coefficient (Wildman–Crippen LogP) is 4.29. The Morgan fingerprint density at radius 2 is 1.65 bits per heavy atom. The number of aromatic nitrogens is 3. The van der Waals surface area contributed by atoms with E-state index in [1.807, 2.05) is 48.5 Å². The molecule has 0 atom stereocenters. The first-order chi connectivity index (χ1) is 15.2. The minimum Gasteiger partial charge on any atom is -0.422 e. The zero-order valence-corrected chi connectivity index (χ0v) is 16.2. The summed E-state index contributed by atoms with van der Waals surface area (Å²) in [5, 5.41) is 11.6. The molecule has 0 radical (unpaired) electrons. The van der Waals surface area contributed by atoms with E-state index in [1.54, 1.807) is 41.2 Å². The van der Waals surface area contributed by atoms with E-state index < -0.39 is 11.5 Å². The normalized spacial score (nSPS) is 10.8. The monoisotopic (exact) mass is 408 g/mol. The number of nitrogens with one attached hydrogen (secondary N) is 1. The highest BCUT2D eigenvalue weighted by molar-refractivity contribution is 6.05. The van der Waals surface area contributed by atoms with E-state index in [1.165, 1.54) is 6.07 Å². The van der Waals surface area contributed by atoms with Gasteiger partial charge in [-0.3, -0.25) is 4.79 Å². The molecule has 2 heterocycles. The molecule has 0 aliphatic heterocycles. The molecular formula is C24H16N4O3. The van der Waals surface area contributed by atoms with Crippen LogP contribution in [-0.4, -0.2) is 20.9 Å².